The number of fused-ring (bicyclic) bond motifs is 1. The van der Waals surface area contributed by atoms with Gasteiger partial charge in [0.1, 0.15) is 0 Å². The van der Waals surface area contributed by atoms with Crippen LogP contribution in [0.15, 0.2) is 47.1 Å². The molecule has 250 valence electrons. The van der Waals surface area contributed by atoms with E-state index in [2.05, 4.69) is 106 Å². The van der Waals surface area contributed by atoms with E-state index in [1.807, 2.05) is 0 Å². The van der Waals surface area contributed by atoms with Gasteiger partial charge in [0, 0.05) is 19.3 Å². The lowest BCUT2D eigenvalue weighted by Crippen LogP contribution is -2.56. The molecule has 2 saturated carbocycles. The van der Waals surface area contributed by atoms with E-state index >= 15 is 0 Å². The average Bonchev–Trinajstić information content (AvgIpc) is 3.22. The number of hydrogen-bond acceptors (Lipinski definition) is 4. The van der Waals surface area contributed by atoms with E-state index in [4.69, 9.17) is 13.6 Å². The lowest BCUT2D eigenvalue weighted by Gasteiger charge is -2.51. The summed E-state index contributed by atoms with van der Waals surface area (Å²) in [6.45, 7) is 32.5. The van der Waals surface area contributed by atoms with Crippen molar-refractivity contribution in [3.8, 4) is 0 Å². The molecule has 0 aliphatic heterocycles. The molecule has 4 atom stereocenters. The molecule has 3 rings (SSSR count). The van der Waals surface area contributed by atoms with E-state index in [0.29, 0.717) is 31.8 Å². The molecule has 0 aromatic carbocycles. The highest BCUT2D eigenvalue weighted by Crippen LogP contribution is 2.56. The molecule has 0 aromatic rings. The Kier molecular flexibility index (Phi) is 11.4. The molecule has 7 heteroatoms. The Labute approximate surface area is 271 Å². The lowest BCUT2D eigenvalue weighted by molar-refractivity contribution is -0.209. The first-order chi connectivity index (χ1) is 20.1. The van der Waals surface area contributed by atoms with Crippen molar-refractivity contribution in [3.05, 3.63) is 47.1 Å². The van der Waals surface area contributed by atoms with Gasteiger partial charge in [-0.2, -0.15) is 0 Å². The summed E-state index contributed by atoms with van der Waals surface area (Å²) in [5.74, 6) is -1.13. The van der Waals surface area contributed by atoms with Crippen molar-refractivity contribution >= 4 is 22.6 Å². The number of carboxylic acids is 1. The Morgan fingerprint density at radius 3 is 2.30 bits per heavy atom. The maximum absolute atomic E-state index is 11.3. The normalized spacial score (nSPS) is 30.5. The molecular formula is C37H64O5Si2. The Bertz CT molecular complexity index is 1170. The maximum atomic E-state index is 11.3. The van der Waals surface area contributed by atoms with Crippen molar-refractivity contribution in [1.29, 1.82) is 0 Å². The first-order valence-electron chi connectivity index (χ1n) is 17.1. The minimum atomic E-state index is -2.28. The number of rotatable bonds is 11. The molecule has 0 spiro atoms. The van der Waals surface area contributed by atoms with Crippen LogP contribution in [-0.2, 0) is 18.4 Å². The third-order valence-electron chi connectivity index (χ3n) is 11.7. The van der Waals surface area contributed by atoms with Gasteiger partial charge in [-0.15, -0.1) is 0 Å². The zero-order valence-electron chi connectivity index (χ0n) is 30.2. The van der Waals surface area contributed by atoms with Crippen molar-refractivity contribution in [2.75, 3.05) is 6.61 Å². The third kappa shape index (κ3) is 8.17. The smallest absolute Gasteiger partial charge is 0.303 e. The zero-order valence-corrected chi connectivity index (χ0v) is 32.2. The Morgan fingerprint density at radius 1 is 1.09 bits per heavy atom. The molecule has 0 bridgehead atoms. The topological polar surface area (TPSA) is 65.0 Å². The molecule has 2 unspecified atom stereocenters. The Balaban J connectivity index is 2.08. The maximum Gasteiger partial charge on any atom is 0.303 e. The molecule has 3 aliphatic carbocycles. The summed E-state index contributed by atoms with van der Waals surface area (Å²) in [6.07, 6.45) is 14.6. The monoisotopic (exact) mass is 644 g/mol. The first kappa shape index (κ1) is 37.2. The van der Waals surface area contributed by atoms with Crippen LogP contribution < -0.4 is 0 Å². The fourth-order valence-electron chi connectivity index (χ4n) is 6.88. The summed E-state index contributed by atoms with van der Waals surface area (Å²) in [4.78, 5) is 11.3. The number of allylic oxidation sites excluding steroid dienone is 5. The summed E-state index contributed by atoms with van der Waals surface area (Å²) in [5, 5.41) is 9.34. The molecule has 0 amide bonds. The van der Waals surface area contributed by atoms with Crippen molar-refractivity contribution in [1.82, 2.24) is 0 Å². The minimum absolute atomic E-state index is 0.0144. The summed E-state index contributed by atoms with van der Waals surface area (Å²) in [5.41, 5.74) is 5.62. The fraction of sp³-hybridized carbons (Fsp3) is 0.757. The van der Waals surface area contributed by atoms with Gasteiger partial charge in [0.2, 0.25) is 0 Å². The summed E-state index contributed by atoms with van der Waals surface area (Å²) >= 11 is 0. The Morgan fingerprint density at radius 2 is 1.73 bits per heavy atom. The predicted molar refractivity (Wildman–Crippen MR) is 189 cm³/mol. The van der Waals surface area contributed by atoms with E-state index in [9.17, 15) is 9.90 Å². The van der Waals surface area contributed by atoms with Crippen LogP contribution in [0.25, 0.3) is 0 Å². The lowest BCUT2D eigenvalue weighted by atomic mass is 9.64. The van der Waals surface area contributed by atoms with Gasteiger partial charge < -0.3 is 18.7 Å². The molecule has 0 heterocycles. The van der Waals surface area contributed by atoms with Crippen LogP contribution in [0.5, 0.6) is 0 Å². The first-order valence-corrected chi connectivity index (χ1v) is 22.9. The predicted octanol–water partition coefficient (Wildman–Crippen LogP) is 10.7. The number of hydrogen-bond donors (Lipinski definition) is 1. The number of aliphatic carboxylic acids is 1. The number of carboxylic acid groups (broad SMARTS) is 1. The highest BCUT2D eigenvalue weighted by atomic mass is 28.4. The highest BCUT2D eigenvalue weighted by Gasteiger charge is 2.51. The standard InChI is InChI=1S/C37H64O5Si2/c1-14-30-21-22-31-28(17-15-23-36(30,31)9)19-20-29-25-37(40-24-16-18-33(38)39,42-44(12,13)35(6,7)8)26-32(27(29)2)41-43(10,11)34(3,4)5/h19-21,31-32H,2,14-18,22-26H2,1,3-13H3,(H,38,39)/t31?,32-,36+,37?/m0/s1. The molecule has 0 aromatic heterocycles. The molecule has 44 heavy (non-hydrogen) atoms. The van der Waals surface area contributed by atoms with E-state index in [1.54, 1.807) is 11.1 Å². The van der Waals surface area contributed by atoms with E-state index in [-0.39, 0.29) is 28.0 Å². The average molecular weight is 645 g/mol. The molecule has 1 N–H and O–H groups in total. The largest absolute Gasteiger partial charge is 0.481 e. The summed E-state index contributed by atoms with van der Waals surface area (Å²) in [6, 6.07) is 0. The van der Waals surface area contributed by atoms with E-state index in [0.717, 1.165) is 30.4 Å². The van der Waals surface area contributed by atoms with Crippen LogP contribution in [0.2, 0.25) is 36.3 Å². The number of ether oxygens (including phenoxy) is 1. The van der Waals surface area contributed by atoms with Gasteiger partial charge in [-0.1, -0.05) is 91.3 Å². The molecule has 3 aliphatic rings. The SMILES string of the molecule is C=C1C(=CC=C2CCC[C@]3(C)C(CC)=CCC23)CC(OCCCC(=O)O)(O[Si](C)(C)C(C)(C)C)C[C@@H]1O[Si](C)(C)C(C)(C)C. The quantitative estimate of drug-likeness (QED) is 0.105. The molecular weight excluding hydrogens is 581 g/mol. The van der Waals surface area contributed by atoms with Crippen LogP contribution in [0.1, 0.15) is 113 Å². The molecule has 0 saturated heterocycles. The van der Waals surface area contributed by atoms with Crippen molar-refractivity contribution in [2.24, 2.45) is 11.3 Å². The summed E-state index contributed by atoms with van der Waals surface area (Å²) in [7, 11) is -4.44. The van der Waals surface area contributed by atoms with Gasteiger partial charge in [0.05, 0.1) is 12.7 Å². The Hall–Kier alpha value is -1.26. The van der Waals surface area contributed by atoms with E-state index in [1.165, 1.54) is 12.8 Å². The third-order valence-corrected chi connectivity index (χ3v) is 20.7. The summed E-state index contributed by atoms with van der Waals surface area (Å²) < 4.78 is 21.1. The second kappa shape index (κ2) is 13.5. The van der Waals surface area contributed by atoms with Crippen LogP contribution in [0, 0.1) is 11.3 Å². The minimum Gasteiger partial charge on any atom is -0.481 e. The van der Waals surface area contributed by atoms with Crippen LogP contribution in [0.3, 0.4) is 0 Å². The van der Waals surface area contributed by atoms with Gasteiger partial charge in [-0.25, -0.2) is 0 Å². The van der Waals surface area contributed by atoms with Crippen LogP contribution >= 0.6 is 0 Å². The zero-order chi connectivity index (χ0) is 33.4. The van der Waals surface area contributed by atoms with Gasteiger partial charge >= 0.3 is 5.97 Å². The van der Waals surface area contributed by atoms with Crippen molar-refractivity contribution in [2.45, 2.75) is 161 Å². The van der Waals surface area contributed by atoms with Gasteiger partial charge in [0.25, 0.3) is 0 Å². The highest BCUT2D eigenvalue weighted by molar-refractivity contribution is 6.74. The second-order valence-electron chi connectivity index (χ2n) is 17.0. The van der Waals surface area contributed by atoms with Gasteiger partial charge in [-0.05, 0) is 97.3 Å². The van der Waals surface area contributed by atoms with Crippen LogP contribution in [-0.4, -0.2) is 46.2 Å². The molecule has 2 fully saturated rings. The van der Waals surface area contributed by atoms with Gasteiger partial charge in [0.15, 0.2) is 22.4 Å². The number of carbonyl (C=O) groups is 1. The van der Waals surface area contributed by atoms with E-state index < -0.39 is 28.4 Å². The fourth-order valence-corrected chi connectivity index (χ4v) is 9.62. The van der Waals surface area contributed by atoms with Gasteiger partial charge in [-0.3, -0.25) is 4.79 Å². The van der Waals surface area contributed by atoms with Crippen molar-refractivity contribution < 1.29 is 23.5 Å². The molecule has 5 nitrogen and oxygen atoms in total. The second-order valence-corrected chi connectivity index (χ2v) is 26.4. The van der Waals surface area contributed by atoms with Crippen LogP contribution in [0.4, 0.5) is 0 Å². The molecule has 0 radical (unpaired) electrons. The van der Waals surface area contributed by atoms with Crippen molar-refractivity contribution in [3.63, 3.8) is 0 Å².